The molecular weight excluding hydrogens is 312 g/mol. The third kappa shape index (κ3) is 13.0. The lowest BCUT2D eigenvalue weighted by atomic mass is 10.2. The lowest BCUT2D eigenvalue weighted by molar-refractivity contribution is -0.126. The molecule has 124 valence electrons. The van der Waals surface area contributed by atoms with E-state index in [4.69, 9.17) is 9.47 Å². The van der Waals surface area contributed by atoms with Gasteiger partial charge in [0.1, 0.15) is 6.61 Å². The van der Waals surface area contributed by atoms with E-state index in [0.29, 0.717) is 32.9 Å². The van der Waals surface area contributed by atoms with Gasteiger partial charge in [0.25, 0.3) is 5.24 Å². The van der Waals surface area contributed by atoms with Crippen LogP contribution >= 0.6 is 23.5 Å². The highest BCUT2D eigenvalue weighted by Gasteiger charge is 2.16. The van der Waals surface area contributed by atoms with Crippen molar-refractivity contribution in [1.82, 2.24) is 10.6 Å². The molecule has 0 aliphatic heterocycles. The minimum atomic E-state index is -0.121. The Kier molecular flexibility index (Phi) is 11.9. The van der Waals surface area contributed by atoms with Crippen molar-refractivity contribution in [2.75, 3.05) is 52.0 Å². The predicted molar refractivity (Wildman–Crippen MR) is 89.2 cm³/mol. The van der Waals surface area contributed by atoms with Crippen molar-refractivity contribution in [3.8, 4) is 0 Å². The highest BCUT2D eigenvalue weighted by atomic mass is 32.2. The van der Waals surface area contributed by atoms with Crippen LogP contribution in [0.2, 0.25) is 0 Å². The Balaban J connectivity index is 3.39. The van der Waals surface area contributed by atoms with Crippen LogP contribution in [-0.4, -0.2) is 67.9 Å². The van der Waals surface area contributed by atoms with Gasteiger partial charge in [0, 0.05) is 17.8 Å². The van der Waals surface area contributed by atoms with Crippen LogP contribution in [0.5, 0.6) is 0 Å². The highest BCUT2D eigenvalue weighted by Crippen LogP contribution is 2.19. The minimum Gasteiger partial charge on any atom is -0.377 e. The Morgan fingerprint density at radius 2 is 1.71 bits per heavy atom. The van der Waals surface area contributed by atoms with E-state index < -0.39 is 0 Å². The van der Waals surface area contributed by atoms with Crippen molar-refractivity contribution in [2.45, 2.75) is 18.6 Å². The first-order valence-corrected chi connectivity index (χ1v) is 9.15. The second-order valence-corrected chi connectivity index (χ2v) is 7.12. The van der Waals surface area contributed by atoms with Crippen LogP contribution in [0, 0.1) is 0 Å². The summed E-state index contributed by atoms with van der Waals surface area (Å²) < 4.78 is 10.5. The molecule has 21 heavy (non-hydrogen) atoms. The van der Waals surface area contributed by atoms with Crippen molar-refractivity contribution in [3.63, 3.8) is 0 Å². The first-order chi connectivity index (χ1) is 9.91. The molecule has 0 aromatic carbocycles. The molecule has 8 heteroatoms. The molecule has 0 bridgehead atoms. The average Bonchev–Trinajstić information content (AvgIpc) is 2.47. The average molecular weight is 338 g/mol. The Labute approximate surface area is 135 Å². The molecule has 0 heterocycles. The zero-order chi connectivity index (χ0) is 16.1. The maximum Gasteiger partial charge on any atom is 0.278 e. The van der Waals surface area contributed by atoms with Gasteiger partial charge in [-0.25, -0.2) is 0 Å². The SMILES string of the molecule is CSC(=O)NCCOCCOCC(=O)NCC(C)(C)SC. The van der Waals surface area contributed by atoms with E-state index in [1.54, 1.807) is 18.0 Å². The largest absolute Gasteiger partial charge is 0.377 e. The maximum absolute atomic E-state index is 11.5. The minimum absolute atomic E-state index is 0.0278. The van der Waals surface area contributed by atoms with Crippen LogP contribution < -0.4 is 10.6 Å². The van der Waals surface area contributed by atoms with Gasteiger partial charge in [-0.05, 0) is 26.4 Å². The number of rotatable bonds is 11. The summed E-state index contributed by atoms with van der Waals surface area (Å²) in [5.41, 5.74) is 0. The van der Waals surface area contributed by atoms with Gasteiger partial charge in [0.2, 0.25) is 5.91 Å². The van der Waals surface area contributed by atoms with E-state index in [2.05, 4.69) is 24.5 Å². The number of carbonyl (C=O) groups is 2. The fourth-order valence-electron chi connectivity index (χ4n) is 1.12. The smallest absolute Gasteiger partial charge is 0.278 e. The number of hydrogen-bond acceptors (Lipinski definition) is 6. The summed E-state index contributed by atoms with van der Waals surface area (Å²) in [5.74, 6) is -0.121. The quantitative estimate of drug-likeness (QED) is 0.554. The Hall–Kier alpha value is -0.440. The predicted octanol–water partition coefficient (Wildman–Crippen LogP) is 1.35. The van der Waals surface area contributed by atoms with Crippen LogP contribution in [0.3, 0.4) is 0 Å². The molecule has 0 aliphatic carbocycles. The van der Waals surface area contributed by atoms with E-state index in [1.807, 2.05) is 6.26 Å². The third-order valence-electron chi connectivity index (χ3n) is 2.57. The van der Waals surface area contributed by atoms with Crippen molar-refractivity contribution < 1.29 is 19.1 Å². The molecule has 0 saturated heterocycles. The Bertz CT molecular complexity index is 315. The van der Waals surface area contributed by atoms with Gasteiger partial charge < -0.3 is 20.1 Å². The molecule has 6 nitrogen and oxygen atoms in total. The Morgan fingerprint density at radius 3 is 2.33 bits per heavy atom. The summed E-state index contributed by atoms with van der Waals surface area (Å²) in [6, 6.07) is 0. The van der Waals surface area contributed by atoms with Crippen molar-refractivity contribution in [2.24, 2.45) is 0 Å². The second-order valence-electron chi connectivity index (χ2n) is 4.82. The Morgan fingerprint density at radius 1 is 1.05 bits per heavy atom. The standard InChI is InChI=1S/C13H26N2O4S2/c1-13(2,21-4)10-15-11(16)9-19-8-7-18-6-5-14-12(17)20-3/h5-10H2,1-4H3,(H,14,17)(H,15,16). The molecular formula is C13H26N2O4S2. The molecule has 0 saturated carbocycles. The number of amides is 2. The highest BCUT2D eigenvalue weighted by molar-refractivity contribution is 8.12. The second kappa shape index (κ2) is 12.1. The first-order valence-electron chi connectivity index (χ1n) is 6.70. The molecule has 0 unspecified atom stereocenters. The maximum atomic E-state index is 11.5. The zero-order valence-corrected chi connectivity index (χ0v) is 14.8. The van der Waals surface area contributed by atoms with E-state index >= 15 is 0 Å². The van der Waals surface area contributed by atoms with Gasteiger partial charge in [-0.1, -0.05) is 11.8 Å². The van der Waals surface area contributed by atoms with E-state index in [-0.39, 0.29) is 22.5 Å². The lowest BCUT2D eigenvalue weighted by Crippen LogP contribution is -2.38. The normalized spacial score (nSPS) is 11.2. The van der Waals surface area contributed by atoms with E-state index in [1.165, 1.54) is 0 Å². The number of nitrogens with one attached hydrogen (secondary N) is 2. The zero-order valence-electron chi connectivity index (χ0n) is 13.2. The number of carbonyl (C=O) groups excluding carboxylic acids is 2. The van der Waals surface area contributed by atoms with Gasteiger partial charge >= 0.3 is 0 Å². The summed E-state index contributed by atoms with van der Waals surface area (Å²) >= 11 is 2.84. The molecule has 2 N–H and O–H groups in total. The third-order valence-corrected chi connectivity index (χ3v) is 4.33. The monoisotopic (exact) mass is 338 g/mol. The lowest BCUT2D eigenvalue weighted by Gasteiger charge is -2.22. The summed E-state index contributed by atoms with van der Waals surface area (Å²) in [6.07, 6.45) is 3.73. The number of ether oxygens (including phenoxy) is 2. The fourth-order valence-corrected chi connectivity index (χ4v) is 1.58. The molecule has 2 amide bonds. The van der Waals surface area contributed by atoms with Crippen LogP contribution in [0.4, 0.5) is 4.79 Å². The summed E-state index contributed by atoms with van der Waals surface area (Å²) in [7, 11) is 0. The number of thioether (sulfide) groups is 2. The first kappa shape index (κ1) is 20.6. The molecule has 0 aromatic heterocycles. The molecule has 0 aromatic rings. The van der Waals surface area contributed by atoms with Crippen molar-refractivity contribution >= 4 is 34.7 Å². The summed E-state index contributed by atoms with van der Waals surface area (Å²) in [5, 5.41) is 5.43. The van der Waals surface area contributed by atoms with Gasteiger partial charge in [-0.3, -0.25) is 9.59 Å². The van der Waals surface area contributed by atoms with Crippen molar-refractivity contribution in [1.29, 1.82) is 0 Å². The molecule has 0 aliphatic rings. The van der Waals surface area contributed by atoms with Gasteiger partial charge in [-0.2, -0.15) is 11.8 Å². The fraction of sp³-hybridized carbons (Fsp3) is 0.846. The molecule has 0 spiro atoms. The van der Waals surface area contributed by atoms with Gasteiger partial charge in [0.15, 0.2) is 0 Å². The van der Waals surface area contributed by atoms with Crippen LogP contribution in [-0.2, 0) is 14.3 Å². The van der Waals surface area contributed by atoms with Crippen LogP contribution in [0.1, 0.15) is 13.8 Å². The van der Waals surface area contributed by atoms with Crippen LogP contribution in [0.15, 0.2) is 0 Å². The van der Waals surface area contributed by atoms with Crippen molar-refractivity contribution in [3.05, 3.63) is 0 Å². The van der Waals surface area contributed by atoms with Gasteiger partial charge in [-0.15, -0.1) is 0 Å². The molecule has 0 atom stereocenters. The molecule has 0 radical (unpaired) electrons. The topological polar surface area (TPSA) is 76.7 Å². The molecule has 0 fully saturated rings. The van der Waals surface area contributed by atoms with E-state index in [0.717, 1.165) is 11.8 Å². The summed E-state index contributed by atoms with van der Waals surface area (Å²) in [4.78, 5) is 22.4. The van der Waals surface area contributed by atoms with E-state index in [9.17, 15) is 9.59 Å². The molecule has 0 rings (SSSR count). The van der Waals surface area contributed by atoms with Crippen LogP contribution in [0.25, 0.3) is 0 Å². The van der Waals surface area contributed by atoms with Gasteiger partial charge in [0.05, 0.1) is 19.8 Å². The summed E-state index contributed by atoms with van der Waals surface area (Å²) in [6.45, 7) is 6.46. The number of hydrogen-bond donors (Lipinski definition) is 2.